The molecule has 178 valence electrons. The molecule has 1 aromatic carbocycles. The van der Waals surface area contributed by atoms with Gasteiger partial charge in [-0.15, -0.1) is 0 Å². The molecular weight excluding hydrogens is 422 g/mol. The van der Waals surface area contributed by atoms with E-state index < -0.39 is 11.0 Å². The molecule has 1 atom stereocenters. The Morgan fingerprint density at radius 2 is 1.55 bits per heavy atom. The quantitative estimate of drug-likeness (QED) is 0.522. The molecule has 4 aliphatic carbocycles. The van der Waals surface area contributed by atoms with E-state index in [0.29, 0.717) is 13.1 Å². The maximum absolute atomic E-state index is 12.8. The zero-order valence-corrected chi connectivity index (χ0v) is 19.2. The SMILES string of the molecule is CC(C(=O)NC(=O)NC12CC3CC(CC(C3)C1)C2)N1CCN(c2ccc([N+](=O)[O-])cc2)CC1. The van der Waals surface area contributed by atoms with Crippen molar-refractivity contribution in [3.05, 3.63) is 34.4 Å². The Morgan fingerprint density at radius 3 is 2.06 bits per heavy atom. The summed E-state index contributed by atoms with van der Waals surface area (Å²) in [5.74, 6) is 1.94. The lowest BCUT2D eigenvalue weighted by Crippen LogP contribution is -2.63. The third kappa shape index (κ3) is 4.55. The average molecular weight is 456 g/mol. The first-order valence-corrected chi connectivity index (χ1v) is 12.2. The predicted molar refractivity (Wildman–Crippen MR) is 124 cm³/mol. The Balaban J connectivity index is 1.11. The van der Waals surface area contributed by atoms with Gasteiger partial charge >= 0.3 is 6.03 Å². The van der Waals surface area contributed by atoms with E-state index in [1.54, 1.807) is 12.1 Å². The minimum atomic E-state index is -0.401. The van der Waals surface area contributed by atoms with Crippen molar-refractivity contribution in [2.45, 2.75) is 57.0 Å². The lowest BCUT2D eigenvalue weighted by molar-refractivity contribution is -0.384. The molecule has 3 amide bonds. The Hall–Kier alpha value is -2.68. The number of urea groups is 1. The summed E-state index contributed by atoms with van der Waals surface area (Å²) in [6.07, 6.45) is 7.10. The molecule has 33 heavy (non-hydrogen) atoms. The fourth-order valence-corrected chi connectivity index (χ4v) is 7.07. The lowest BCUT2D eigenvalue weighted by Gasteiger charge is -2.56. The first-order valence-electron chi connectivity index (χ1n) is 12.2. The third-order valence-corrected chi connectivity index (χ3v) is 8.32. The number of nitrogens with one attached hydrogen (secondary N) is 2. The Bertz CT molecular complexity index is 890. The topological polar surface area (TPSA) is 108 Å². The number of nitro benzene ring substituents is 1. The highest BCUT2D eigenvalue weighted by Gasteiger charge is 2.51. The highest BCUT2D eigenvalue weighted by atomic mass is 16.6. The molecule has 0 spiro atoms. The minimum Gasteiger partial charge on any atom is -0.369 e. The molecular formula is C24H33N5O4. The van der Waals surface area contributed by atoms with Gasteiger partial charge in [0.15, 0.2) is 0 Å². The van der Waals surface area contributed by atoms with Crippen LogP contribution in [0.3, 0.4) is 0 Å². The predicted octanol–water partition coefficient (Wildman–Crippen LogP) is 2.90. The van der Waals surface area contributed by atoms with E-state index in [2.05, 4.69) is 20.4 Å². The molecule has 5 aliphatic rings. The molecule has 0 radical (unpaired) electrons. The van der Waals surface area contributed by atoms with Crippen LogP contribution in [0.25, 0.3) is 0 Å². The molecule has 1 heterocycles. The van der Waals surface area contributed by atoms with Crippen molar-refractivity contribution in [3.63, 3.8) is 0 Å². The largest absolute Gasteiger partial charge is 0.369 e. The van der Waals surface area contributed by atoms with Crippen molar-refractivity contribution in [2.24, 2.45) is 17.8 Å². The van der Waals surface area contributed by atoms with Crippen LogP contribution in [0.2, 0.25) is 0 Å². The van der Waals surface area contributed by atoms with Crippen molar-refractivity contribution in [3.8, 4) is 0 Å². The van der Waals surface area contributed by atoms with Gasteiger partial charge in [0.25, 0.3) is 5.69 Å². The molecule has 1 aliphatic heterocycles. The van der Waals surface area contributed by atoms with E-state index in [9.17, 15) is 19.7 Å². The standard InChI is InChI=1S/C24H33N5O4/c1-16(27-6-8-28(9-7-27)20-2-4-21(5-3-20)29(32)33)22(30)25-23(31)26-24-13-17-10-18(14-24)12-19(11-17)15-24/h2-5,16-19H,6-15H2,1H3,(H2,25,26,30,31). The summed E-state index contributed by atoms with van der Waals surface area (Å²) in [4.78, 5) is 40.2. The summed E-state index contributed by atoms with van der Waals surface area (Å²) < 4.78 is 0. The van der Waals surface area contributed by atoms with Crippen LogP contribution in [0, 0.1) is 27.9 Å². The number of piperazine rings is 1. The number of imide groups is 1. The van der Waals surface area contributed by atoms with Crippen LogP contribution in [-0.4, -0.2) is 59.5 Å². The summed E-state index contributed by atoms with van der Waals surface area (Å²) in [5, 5.41) is 16.7. The number of amides is 3. The van der Waals surface area contributed by atoms with Crippen LogP contribution in [0.15, 0.2) is 24.3 Å². The summed E-state index contributed by atoms with van der Waals surface area (Å²) >= 11 is 0. The van der Waals surface area contributed by atoms with Crippen molar-refractivity contribution in [2.75, 3.05) is 31.1 Å². The second kappa shape index (κ2) is 8.59. The number of hydrogen-bond donors (Lipinski definition) is 2. The maximum Gasteiger partial charge on any atom is 0.321 e. The number of nitro groups is 1. The van der Waals surface area contributed by atoms with Gasteiger partial charge in [0.05, 0.1) is 11.0 Å². The van der Waals surface area contributed by atoms with Crippen LogP contribution in [-0.2, 0) is 4.79 Å². The molecule has 4 bridgehead atoms. The molecule has 4 saturated carbocycles. The van der Waals surface area contributed by atoms with Crippen LogP contribution >= 0.6 is 0 Å². The number of hydrogen-bond acceptors (Lipinski definition) is 6. The fourth-order valence-electron chi connectivity index (χ4n) is 7.07. The third-order valence-electron chi connectivity index (χ3n) is 8.32. The first kappa shape index (κ1) is 22.1. The monoisotopic (exact) mass is 455 g/mol. The second-order valence-electron chi connectivity index (χ2n) is 10.6. The van der Waals surface area contributed by atoms with Gasteiger partial charge in [0.1, 0.15) is 0 Å². The molecule has 5 fully saturated rings. The molecule has 6 rings (SSSR count). The zero-order valence-electron chi connectivity index (χ0n) is 19.2. The molecule has 1 aromatic rings. The van der Waals surface area contributed by atoms with Crippen LogP contribution < -0.4 is 15.5 Å². The van der Waals surface area contributed by atoms with E-state index in [-0.39, 0.29) is 23.2 Å². The zero-order chi connectivity index (χ0) is 23.2. The van der Waals surface area contributed by atoms with E-state index in [0.717, 1.165) is 55.8 Å². The van der Waals surface area contributed by atoms with Gasteiger partial charge in [-0.25, -0.2) is 4.79 Å². The molecule has 9 nitrogen and oxygen atoms in total. The van der Waals surface area contributed by atoms with Gasteiger partial charge < -0.3 is 10.2 Å². The smallest absolute Gasteiger partial charge is 0.321 e. The highest BCUT2D eigenvalue weighted by Crippen LogP contribution is 2.55. The molecule has 2 N–H and O–H groups in total. The summed E-state index contributed by atoms with van der Waals surface area (Å²) in [6.45, 7) is 4.64. The van der Waals surface area contributed by atoms with Gasteiger partial charge in [-0.2, -0.15) is 0 Å². The van der Waals surface area contributed by atoms with Gasteiger partial charge in [-0.3, -0.25) is 25.1 Å². The lowest BCUT2D eigenvalue weighted by atomic mass is 9.53. The Labute approximate surface area is 194 Å². The normalized spacial score (nSPS) is 31.8. The maximum atomic E-state index is 12.8. The Kier molecular flexibility index (Phi) is 5.76. The highest BCUT2D eigenvalue weighted by molar-refractivity contribution is 5.97. The van der Waals surface area contributed by atoms with Gasteiger partial charge in [0.2, 0.25) is 5.91 Å². The van der Waals surface area contributed by atoms with Gasteiger partial charge in [-0.1, -0.05) is 0 Å². The van der Waals surface area contributed by atoms with Gasteiger partial charge in [0, 0.05) is 49.5 Å². The summed E-state index contributed by atoms with van der Waals surface area (Å²) in [7, 11) is 0. The molecule has 0 aromatic heterocycles. The van der Waals surface area contributed by atoms with Crippen molar-refractivity contribution in [1.82, 2.24) is 15.5 Å². The van der Waals surface area contributed by atoms with Crippen LogP contribution in [0.4, 0.5) is 16.2 Å². The number of rotatable bonds is 5. The second-order valence-corrected chi connectivity index (χ2v) is 10.6. The first-order chi connectivity index (χ1) is 15.8. The van der Waals surface area contributed by atoms with Gasteiger partial charge in [-0.05, 0) is 75.3 Å². The van der Waals surface area contributed by atoms with Crippen molar-refractivity contribution < 1.29 is 14.5 Å². The Morgan fingerprint density at radius 1 is 1.00 bits per heavy atom. The summed E-state index contributed by atoms with van der Waals surface area (Å²) in [5.41, 5.74) is 0.903. The molecule has 9 heteroatoms. The van der Waals surface area contributed by atoms with E-state index in [1.807, 2.05) is 6.92 Å². The number of carbonyl (C=O) groups is 2. The van der Waals surface area contributed by atoms with Crippen LogP contribution in [0.5, 0.6) is 0 Å². The van der Waals surface area contributed by atoms with E-state index in [4.69, 9.17) is 0 Å². The molecule has 1 unspecified atom stereocenters. The number of carbonyl (C=O) groups excluding carboxylic acids is 2. The number of nitrogens with zero attached hydrogens (tertiary/aromatic N) is 3. The van der Waals surface area contributed by atoms with E-state index >= 15 is 0 Å². The minimum absolute atomic E-state index is 0.0782. The van der Waals surface area contributed by atoms with Crippen molar-refractivity contribution in [1.29, 1.82) is 0 Å². The average Bonchev–Trinajstić information content (AvgIpc) is 2.77. The van der Waals surface area contributed by atoms with Crippen molar-refractivity contribution >= 4 is 23.3 Å². The number of anilines is 1. The fraction of sp³-hybridized carbons (Fsp3) is 0.667. The summed E-state index contributed by atoms with van der Waals surface area (Å²) in [6, 6.07) is 5.81. The molecule has 1 saturated heterocycles. The van der Waals surface area contributed by atoms with Crippen LogP contribution in [0.1, 0.15) is 45.4 Å². The number of non-ortho nitro benzene ring substituents is 1. The van der Waals surface area contributed by atoms with E-state index in [1.165, 1.54) is 31.4 Å². The number of benzene rings is 1.